The number of halogens is 4. The highest BCUT2D eigenvalue weighted by atomic mass is 35.5. The molecule has 0 aliphatic carbocycles. The van der Waals surface area contributed by atoms with Crippen molar-refractivity contribution in [3.8, 4) is 0 Å². The minimum atomic E-state index is -4.42. The summed E-state index contributed by atoms with van der Waals surface area (Å²) in [5, 5.41) is 3.17. The van der Waals surface area contributed by atoms with Crippen LogP contribution in [0.1, 0.15) is 31.7 Å². The summed E-state index contributed by atoms with van der Waals surface area (Å²) in [7, 11) is 0. The summed E-state index contributed by atoms with van der Waals surface area (Å²) in [5.41, 5.74) is -0.823. The van der Waals surface area contributed by atoms with Gasteiger partial charge in [-0.2, -0.15) is 13.2 Å². The lowest BCUT2D eigenvalue weighted by atomic mass is 10.0. The number of likely N-dealkylation sites (tertiary alicyclic amines) is 1. The van der Waals surface area contributed by atoms with Gasteiger partial charge in [0.05, 0.1) is 10.6 Å². The van der Waals surface area contributed by atoms with E-state index in [1.807, 2.05) is 0 Å². The first kappa shape index (κ1) is 16.4. The van der Waals surface area contributed by atoms with E-state index in [2.05, 4.69) is 22.1 Å². The molecule has 0 bridgehead atoms. The number of rotatable bonds is 4. The van der Waals surface area contributed by atoms with Crippen molar-refractivity contribution in [2.45, 2.75) is 38.4 Å². The van der Waals surface area contributed by atoms with Crippen LogP contribution < -0.4 is 5.32 Å². The smallest absolute Gasteiger partial charge is 0.366 e. The van der Waals surface area contributed by atoms with Gasteiger partial charge in [0.15, 0.2) is 0 Å². The Balaban J connectivity index is 1.95. The fourth-order valence-corrected chi connectivity index (χ4v) is 2.73. The molecule has 2 heterocycles. The van der Waals surface area contributed by atoms with Gasteiger partial charge in [-0.15, -0.1) is 0 Å². The highest BCUT2D eigenvalue weighted by Crippen LogP contribution is 2.32. The van der Waals surface area contributed by atoms with Crippen LogP contribution in [0.15, 0.2) is 12.3 Å². The number of pyridine rings is 1. The molecule has 0 amide bonds. The van der Waals surface area contributed by atoms with Crippen molar-refractivity contribution < 1.29 is 13.2 Å². The standard InChI is InChI=1S/C14H19ClF3N3/c1-2-5-21-6-3-11(4-7-21)20-13-12(15)8-10(9-19-13)14(16,17)18/h8-9,11H,2-7H2,1H3,(H,19,20). The monoisotopic (exact) mass is 321 g/mol. The zero-order chi connectivity index (χ0) is 15.5. The number of hydrogen-bond donors (Lipinski definition) is 1. The van der Waals surface area contributed by atoms with Gasteiger partial charge >= 0.3 is 6.18 Å². The number of nitrogens with zero attached hydrogens (tertiary/aromatic N) is 2. The molecule has 1 fully saturated rings. The predicted molar refractivity (Wildman–Crippen MR) is 77.6 cm³/mol. The van der Waals surface area contributed by atoms with E-state index >= 15 is 0 Å². The van der Waals surface area contributed by atoms with Crippen molar-refractivity contribution in [1.29, 1.82) is 0 Å². The molecule has 1 aliphatic rings. The van der Waals surface area contributed by atoms with Gasteiger partial charge in [-0.3, -0.25) is 0 Å². The summed E-state index contributed by atoms with van der Waals surface area (Å²) in [6.07, 6.45) is -0.580. The van der Waals surface area contributed by atoms with Crippen LogP contribution in [-0.2, 0) is 6.18 Å². The molecule has 21 heavy (non-hydrogen) atoms. The molecule has 7 heteroatoms. The minimum absolute atomic E-state index is 0.0146. The molecule has 118 valence electrons. The highest BCUT2D eigenvalue weighted by molar-refractivity contribution is 6.33. The van der Waals surface area contributed by atoms with Crippen LogP contribution in [-0.4, -0.2) is 35.6 Å². The molecule has 0 atom stereocenters. The third-order valence-electron chi connectivity index (χ3n) is 3.64. The number of aromatic nitrogens is 1. The second-order valence-corrected chi connectivity index (χ2v) is 5.72. The van der Waals surface area contributed by atoms with Crippen LogP contribution in [0.3, 0.4) is 0 Å². The number of nitrogens with one attached hydrogen (secondary N) is 1. The summed E-state index contributed by atoms with van der Waals surface area (Å²) in [5.74, 6) is 0.332. The first-order chi connectivity index (χ1) is 9.90. The lowest BCUT2D eigenvalue weighted by Gasteiger charge is -2.32. The summed E-state index contributed by atoms with van der Waals surface area (Å²) in [6, 6.07) is 1.13. The van der Waals surface area contributed by atoms with Crippen LogP contribution in [0.4, 0.5) is 19.0 Å². The Hall–Kier alpha value is -1.01. The van der Waals surface area contributed by atoms with Crippen molar-refractivity contribution in [2.75, 3.05) is 25.0 Å². The molecule has 0 aromatic carbocycles. The van der Waals surface area contributed by atoms with E-state index in [1.165, 1.54) is 0 Å². The third-order valence-corrected chi connectivity index (χ3v) is 3.92. The molecule has 0 spiro atoms. The Labute approximate surface area is 127 Å². The molecule has 2 rings (SSSR count). The summed E-state index contributed by atoms with van der Waals surface area (Å²) >= 11 is 5.90. The SMILES string of the molecule is CCCN1CCC(Nc2ncc(C(F)(F)F)cc2Cl)CC1. The normalized spacial score (nSPS) is 18.0. The fraction of sp³-hybridized carbons (Fsp3) is 0.643. The fourth-order valence-electron chi connectivity index (χ4n) is 2.51. The number of anilines is 1. The second-order valence-electron chi connectivity index (χ2n) is 5.31. The maximum Gasteiger partial charge on any atom is 0.417 e. The molecule has 1 N–H and O–H groups in total. The molecular formula is C14H19ClF3N3. The average molecular weight is 322 g/mol. The van der Waals surface area contributed by atoms with Gasteiger partial charge in [-0.05, 0) is 31.9 Å². The first-order valence-corrected chi connectivity index (χ1v) is 7.49. The van der Waals surface area contributed by atoms with Crippen LogP contribution in [0.2, 0.25) is 5.02 Å². The molecule has 0 unspecified atom stereocenters. The van der Waals surface area contributed by atoms with E-state index in [1.54, 1.807) is 0 Å². The van der Waals surface area contributed by atoms with Crippen molar-refractivity contribution in [3.63, 3.8) is 0 Å². The van der Waals surface area contributed by atoms with Crippen molar-refractivity contribution in [2.24, 2.45) is 0 Å². The largest absolute Gasteiger partial charge is 0.417 e. The Morgan fingerprint density at radius 3 is 2.57 bits per heavy atom. The van der Waals surface area contributed by atoms with Crippen LogP contribution >= 0.6 is 11.6 Å². The quantitative estimate of drug-likeness (QED) is 0.907. The van der Waals surface area contributed by atoms with Crippen molar-refractivity contribution in [3.05, 3.63) is 22.8 Å². The molecule has 1 aromatic rings. The third kappa shape index (κ3) is 4.48. The van der Waals surface area contributed by atoms with Gasteiger partial charge in [0.25, 0.3) is 0 Å². The molecule has 1 aliphatic heterocycles. The molecule has 1 saturated heterocycles. The Kier molecular flexibility index (Phi) is 5.32. The lowest BCUT2D eigenvalue weighted by molar-refractivity contribution is -0.137. The maximum atomic E-state index is 12.5. The number of alkyl halides is 3. The van der Waals surface area contributed by atoms with E-state index in [-0.39, 0.29) is 11.1 Å². The summed E-state index contributed by atoms with van der Waals surface area (Å²) in [6.45, 7) is 5.22. The molecule has 3 nitrogen and oxygen atoms in total. The van der Waals surface area contributed by atoms with Crippen LogP contribution in [0, 0.1) is 0 Å². The minimum Gasteiger partial charge on any atom is -0.366 e. The van der Waals surface area contributed by atoms with E-state index in [9.17, 15) is 13.2 Å². The maximum absolute atomic E-state index is 12.5. The topological polar surface area (TPSA) is 28.2 Å². The van der Waals surface area contributed by atoms with Gasteiger partial charge in [-0.25, -0.2) is 4.98 Å². The summed E-state index contributed by atoms with van der Waals surface area (Å²) in [4.78, 5) is 6.21. The van der Waals surface area contributed by atoms with Gasteiger partial charge in [0, 0.05) is 25.3 Å². The Morgan fingerprint density at radius 2 is 2.05 bits per heavy atom. The average Bonchev–Trinajstić information content (AvgIpc) is 2.42. The Morgan fingerprint density at radius 1 is 1.38 bits per heavy atom. The molecule has 1 aromatic heterocycles. The Bertz CT molecular complexity index is 471. The summed E-state index contributed by atoms with van der Waals surface area (Å²) < 4.78 is 37.6. The molecule has 0 saturated carbocycles. The van der Waals surface area contributed by atoms with Gasteiger partial charge in [0.2, 0.25) is 0 Å². The van der Waals surface area contributed by atoms with Gasteiger partial charge in [-0.1, -0.05) is 18.5 Å². The lowest BCUT2D eigenvalue weighted by Crippen LogP contribution is -2.39. The van der Waals surface area contributed by atoms with Crippen molar-refractivity contribution >= 4 is 17.4 Å². The highest BCUT2D eigenvalue weighted by Gasteiger charge is 2.31. The van der Waals surface area contributed by atoms with E-state index in [0.29, 0.717) is 5.82 Å². The molecule has 0 radical (unpaired) electrons. The number of piperidine rings is 1. The van der Waals surface area contributed by atoms with Crippen LogP contribution in [0.5, 0.6) is 0 Å². The molecular weight excluding hydrogens is 303 g/mol. The zero-order valence-electron chi connectivity index (χ0n) is 11.9. The first-order valence-electron chi connectivity index (χ1n) is 7.11. The zero-order valence-corrected chi connectivity index (χ0v) is 12.6. The van der Waals surface area contributed by atoms with E-state index in [4.69, 9.17) is 11.6 Å². The van der Waals surface area contributed by atoms with E-state index < -0.39 is 11.7 Å². The number of hydrogen-bond acceptors (Lipinski definition) is 3. The van der Waals surface area contributed by atoms with Crippen LogP contribution in [0.25, 0.3) is 0 Å². The van der Waals surface area contributed by atoms with E-state index in [0.717, 1.165) is 51.2 Å². The van der Waals surface area contributed by atoms with Gasteiger partial charge in [0.1, 0.15) is 5.82 Å². The predicted octanol–water partition coefficient (Wildman–Crippen LogP) is 4.04. The second kappa shape index (κ2) is 6.83. The van der Waals surface area contributed by atoms with Gasteiger partial charge < -0.3 is 10.2 Å². The van der Waals surface area contributed by atoms with Crippen molar-refractivity contribution in [1.82, 2.24) is 9.88 Å².